The number of hydrogen-bond donors (Lipinski definition) is 4. The average molecular weight is 684 g/mol. The summed E-state index contributed by atoms with van der Waals surface area (Å²) in [6, 6.07) is 32.5. The number of aliphatic carboxylic acids is 2. The number of hydrogen-bond acceptors (Lipinski definition) is 7. The van der Waals surface area contributed by atoms with Gasteiger partial charge in [-0.05, 0) is 40.8 Å². The van der Waals surface area contributed by atoms with Gasteiger partial charge in [0.1, 0.15) is 25.2 Å². The molecule has 12 heteroatoms. The predicted octanol–water partition coefficient (Wildman–Crippen LogP) is 5.35. The van der Waals surface area contributed by atoms with E-state index in [0.29, 0.717) is 17.0 Å². The van der Waals surface area contributed by atoms with Crippen molar-refractivity contribution < 1.29 is 38.9 Å². The molecule has 0 bridgehead atoms. The second-order valence-electron chi connectivity index (χ2n) is 11.0. The minimum absolute atomic E-state index is 0.0631. The number of carboxylic acid groups (broad SMARTS) is 2. The van der Waals surface area contributed by atoms with Crippen molar-refractivity contribution in [3.63, 3.8) is 0 Å². The molecule has 4 N–H and O–H groups in total. The summed E-state index contributed by atoms with van der Waals surface area (Å²) in [5.41, 5.74) is 4.19. The van der Waals surface area contributed by atoms with E-state index < -0.39 is 48.5 Å². The highest BCUT2D eigenvalue weighted by atomic mass is 32.2. The zero-order chi connectivity index (χ0) is 35.0. The van der Waals surface area contributed by atoms with Crippen LogP contribution in [0.1, 0.15) is 24.0 Å². The second-order valence-corrected chi connectivity index (χ2v) is 12.0. The number of ether oxygens (including phenoxy) is 1. The Morgan fingerprint density at radius 1 is 0.694 bits per heavy atom. The van der Waals surface area contributed by atoms with Crippen LogP contribution in [0, 0.1) is 0 Å². The van der Waals surface area contributed by atoms with Crippen LogP contribution in [-0.4, -0.2) is 64.4 Å². The molecule has 0 aromatic heterocycles. The zero-order valence-electron chi connectivity index (χ0n) is 26.6. The van der Waals surface area contributed by atoms with Crippen LogP contribution in [0.15, 0.2) is 115 Å². The van der Waals surface area contributed by atoms with Gasteiger partial charge in [-0.15, -0.1) is 0 Å². The summed E-state index contributed by atoms with van der Waals surface area (Å²) in [5.74, 6) is -3.24. The lowest BCUT2D eigenvalue weighted by Gasteiger charge is -2.27. The number of para-hydroxylation sites is 1. The van der Waals surface area contributed by atoms with Gasteiger partial charge >= 0.3 is 18.0 Å². The van der Waals surface area contributed by atoms with Crippen molar-refractivity contribution in [1.82, 2.24) is 10.6 Å². The Balaban J connectivity index is 1.40. The fourth-order valence-corrected chi connectivity index (χ4v) is 5.84. The molecule has 0 fully saturated rings. The Kier molecular flexibility index (Phi) is 13.8. The van der Waals surface area contributed by atoms with Gasteiger partial charge in [0, 0.05) is 23.6 Å². The Morgan fingerprint density at radius 2 is 1.29 bits per heavy atom. The highest BCUT2D eigenvalue weighted by Gasteiger charge is 2.29. The van der Waals surface area contributed by atoms with Crippen LogP contribution in [0.25, 0.3) is 11.1 Å². The topological polar surface area (TPSA) is 162 Å². The number of alkyl carbamates (subject to hydrolysis) is 1. The molecule has 0 saturated heterocycles. The average Bonchev–Trinajstić information content (AvgIpc) is 3.12. The maximum Gasteiger partial charge on any atom is 0.408 e. The van der Waals surface area contributed by atoms with E-state index in [1.54, 1.807) is 54.6 Å². The molecule has 2 atom stereocenters. The maximum absolute atomic E-state index is 13.8. The zero-order valence-corrected chi connectivity index (χ0v) is 27.4. The molecule has 0 aliphatic rings. The summed E-state index contributed by atoms with van der Waals surface area (Å²) in [5, 5.41) is 24.2. The van der Waals surface area contributed by atoms with Gasteiger partial charge in [0.15, 0.2) is 0 Å². The molecule has 11 nitrogen and oxygen atoms in total. The van der Waals surface area contributed by atoms with Crippen molar-refractivity contribution in [3.05, 3.63) is 126 Å². The van der Waals surface area contributed by atoms with Crippen molar-refractivity contribution in [2.24, 2.45) is 0 Å². The third-order valence-electron chi connectivity index (χ3n) is 7.34. The van der Waals surface area contributed by atoms with Gasteiger partial charge in [-0.1, -0.05) is 103 Å². The Labute approximate surface area is 288 Å². The quantitative estimate of drug-likeness (QED) is 0.115. The van der Waals surface area contributed by atoms with E-state index in [-0.39, 0.29) is 25.2 Å². The summed E-state index contributed by atoms with van der Waals surface area (Å²) in [7, 11) is 0. The molecule has 0 aliphatic heterocycles. The van der Waals surface area contributed by atoms with Crippen molar-refractivity contribution in [1.29, 1.82) is 0 Å². The van der Waals surface area contributed by atoms with E-state index in [4.69, 9.17) is 4.74 Å². The van der Waals surface area contributed by atoms with Crippen molar-refractivity contribution in [3.8, 4) is 11.1 Å². The van der Waals surface area contributed by atoms with Crippen LogP contribution in [0.5, 0.6) is 0 Å². The maximum atomic E-state index is 13.8. The number of benzene rings is 4. The first kappa shape index (κ1) is 36.2. The molecule has 4 aromatic rings. The first-order valence-corrected chi connectivity index (χ1v) is 16.6. The molecule has 0 spiro atoms. The van der Waals surface area contributed by atoms with Crippen LogP contribution in [0.2, 0.25) is 0 Å². The summed E-state index contributed by atoms with van der Waals surface area (Å²) >= 11 is 1.38. The molecule has 0 heterocycles. The number of carboxylic acids is 2. The smallest absolute Gasteiger partial charge is 0.408 e. The van der Waals surface area contributed by atoms with Gasteiger partial charge in [0.05, 0.1) is 0 Å². The Morgan fingerprint density at radius 3 is 1.90 bits per heavy atom. The van der Waals surface area contributed by atoms with Gasteiger partial charge < -0.3 is 25.6 Å². The van der Waals surface area contributed by atoms with Gasteiger partial charge in [-0.2, -0.15) is 11.8 Å². The summed E-state index contributed by atoms with van der Waals surface area (Å²) < 4.78 is 5.11. The van der Waals surface area contributed by atoms with E-state index in [1.807, 2.05) is 60.7 Å². The molecule has 4 aromatic carbocycles. The third-order valence-corrected chi connectivity index (χ3v) is 8.44. The van der Waals surface area contributed by atoms with Gasteiger partial charge in [-0.25, -0.2) is 9.59 Å². The monoisotopic (exact) mass is 683 g/mol. The lowest BCUT2D eigenvalue weighted by atomic mass is 10.0. The first-order valence-electron chi connectivity index (χ1n) is 15.5. The first-order chi connectivity index (χ1) is 23.7. The Hall–Kier alpha value is -5.62. The molecule has 254 valence electrons. The fraction of sp³-hybridized carbons (Fsp3) is 0.216. The van der Waals surface area contributed by atoms with Gasteiger partial charge in [0.2, 0.25) is 5.91 Å². The largest absolute Gasteiger partial charge is 0.480 e. The van der Waals surface area contributed by atoms with Crippen molar-refractivity contribution >= 4 is 47.3 Å². The van der Waals surface area contributed by atoms with E-state index in [9.17, 15) is 34.2 Å². The Bertz CT molecular complexity index is 1690. The summed E-state index contributed by atoms with van der Waals surface area (Å²) in [6.45, 7) is -0.691. The summed E-state index contributed by atoms with van der Waals surface area (Å²) in [4.78, 5) is 63.9. The number of anilines is 1. The molecular weight excluding hydrogens is 646 g/mol. The van der Waals surface area contributed by atoms with Crippen LogP contribution in [-0.2, 0) is 36.3 Å². The van der Waals surface area contributed by atoms with E-state index in [1.165, 1.54) is 11.8 Å². The second kappa shape index (κ2) is 18.6. The van der Waals surface area contributed by atoms with E-state index >= 15 is 0 Å². The number of amides is 3. The van der Waals surface area contributed by atoms with Crippen LogP contribution >= 0.6 is 11.8 Å². The number of carbonyl (C=O) groups excluding carboxylic acids is 3. The molecule has 0 radical (unpaired) electrons. The number of nitrogens with zero attached hydrogens (tertiary/aromatic N) is 1. The van der Waals surface area contributed by atoms with Gasteiger partial charge in [-0.3, -0.25) is 19.3 Å². The molecule has 0 unspecified atom stereocenters. The van der Waals surface area contributed by atoms with E-state index in [2.05, 4.69) is 10.6 Å². The molecule has 0 aliphatic carbocycles. The molecule has 0 saturated carbocycles. The highest BCUT2D eigenvalue weighted by Crippen LogP contribution is 2.22. The third kappa shape index (κ3) is 11.8. The van der Waals surface area contributed by atoms with Crippen LogP contribution in [0.4, 0.5) is 10.5 Å². The lowest BCUT2D eigenvalue weighted by molar-refractivity contribution is -0.139. The highest BCUT2D eigenvalue weighted by molar-refractivity contribution is 7.98. The molecule has 49 heavy (non-hydrogen) atoms. The van der Waals surface area contributed by atoms with Gasteiger partial charge in [0.25, 0.3) is 5.91 Å². The van der Waals surface area contributed by atoms with Crippen LogP contribution in [0.3, 0.4) is 0 Å². The normalized spacial score (nSPS) is 11.8. The van der Waals surface area contributed by atoms with E-state index in [0.717, 1.165) is 21.6 Å². The minimum Gasteiger partial charge on any atom is -0.480 e. The number of thioether (sulfide) groups is 1. The SMILES string of the molecule is O=C(O)CN(C(=O)[C@H](CSCc1ccc(-c2ccccc2)cc1)NC(=O)CC[C@H](NC(=O)OCc1ccccc1)C(=O)O)c1ccccc1. The standard InChI is InChI=1S/C37H37N3O8S/c41-33(21-20-31(36(45)46)39-37(47)48-23-26-10-4-1-5-11-26)38-32(35(44)40(22-34(42)43)30-14-8-3-9-15-30)25-49-24-27-16-18-29(19-17-27)28-12-6-2-7-13-28/h1-19,31-32H,20-25H2,(H,38,41)(H,39,47)(H,42,43)(H,45,46)/t31-,32-/m0/s1. The van der Waals surface area contributed by atoms with Crippen molar-refractivity contribution in [2.75, 3.05) is 17.2 Å². The molecule has 3 amide bonds. The molecular formula is C37H37N3O8S. The number of nitrogens with one attached hydrogen (secondary N) is 2. The number of carbonyl (C=O) groups is 5. The summed E-state index contributed by atoms with van der Waals surface area (Å²) in [6.07, 6.45) is -1.57. The lowest BCUT2D eigenvalue weighted by Crippen LogP contribution is -2.51. The fourth-order valence-electron chi connectivity index (χ4n) is 4.83. The predicted molar refractivity (Wildman–Crippen MR) is 187 cm³/mol. The molecule has 4 rings (SSSR count). The van der Waals surface area contributed by atoms with Crippen molar-refractivity contribution in [2.45, 2.75) is 37.3 Å². The minimum atomic E-state index is -1.43. The van der Waals surface area contributed by atoms with Crippen LogP contribution < -0.4 is 15.5 Å². The number of rotatable bonds is 17.